The molecule has 0 fully saturated rings. The number of carbonyl (C=O) groups is 1. The Hall–Kier alpha value is -0.550. The van der Waals surface area contributed by atoms with Gasteiger partial charge in [-0.15, -0.1) is 0 Å². The molecular weight excluding hydrogens is 150 g/mol. The van der Waals surface area contributed by atoms with Crippen molar-refractivity contribution in [1.82, 2.24) is 5.32 Å². The molecule has 0 aliphatic heterocycles. The van der Waals surface area contributed by atoms with E-state index in [9.17, 15) is 4.79 Å². The summed E-state index contributed by atoms with van der Waals surface area (Å²) in [6.45, 7) is 1.85. The van der Waals surface area contributed by atoms with E-state index in [0.717, 1.165) is 5.75 Å². The molecule has 0 saturated carbocycles. The Bertz CT molecular complexity index is 137. The van der Waals surface area contributed by atoms with Gasteiger partial charge in [-0.1, -0.05) is 18.7 Å². The van der Waals surface area contributed by atoms with Gasteiger partial charge in [0.2, 0.25) is 5.91 Å². The number of amides is 1. The van der Waals surface area contributed by atoms with Crippen molar-refractivity contribution in [2.75, 3.05) is 12.3 Å². The van der Waals surface area contributed by atoms with Gasteiger partial charge in [0.05, 0.1) is 6.54 Å². The molecule has 0 rings (SSSR count). The first-order chi connectivity index (χ1) is 4.70. The number of hydrogen-bond donors (Lipinski definition) is 3. The monoisotopic (exact) mass is 161 g/mol. The lowest BCUT2D eigenvalue weighted by Crippen LogP contribution is -2.33. The van der Waals surface area contributed by atoms with Gasteiger partial charge in [-0.3, -0.25) is 10.2 Å². The van der Waals surface area contributed by atoms with Gasteiger partial charge in [-0.25, -0.2) is 0 Å². The first kappa shape index (κ1) is 9.45. The lowest BCUT2D eigenvalue weighted by Gasteiger charge is -2.01. The van der Waals surface area contributed by atoms with Crippen LogP contribution in [0.5, 0.6) is 0 Å². The summed E-state index contributed by atoms with van der Waals surface area (Å²) in [7, 11) is 0. The van der Waals surface area contributed by atoms with Crippen molar-refractivity contribution in [3.8, 4) is 0 Å². The highest BCUT2D eigenvalue weighted by Gasteiger charge is 1.99. The summed E-state index contributed by atoms with van der Waals surface area (Å²) < 4.78 is 0. The molecule has 0 aromatic rings. The molecule has 0 aromatic heterocycles. The van der Waals surface area contributed by atoms with E-state index in [1.54, 1.807) is 0 Å². The zero-order chi connectivity index (χ0) is 7.98. The molecule has 10 heavy (non-hydrogen) atoms. The second kappa shape index (κ2) is 5.25. The zero-order valence-corrected chi connectivity index (χ0v) is 6.62. The third-order valence-electron chi connectivity index (χ3n) is 0.727. The van der Waals surface area contributed by atoms with Crippen LogP contribution in [0.1, 0.15) is 6.92 Å². The van der Waals surface area contributed by atoms with Crippen molar-refractivity contribution in [2.24, 2.45) is 5.73 Å². The molecule has 0 aliphatic rings. The van der Waals surface area contributed by atoms with Crippen LogP contribution in [0, 0.1) is 5.41 Å². The summed E-state index contributed by atoms with van der Waals surface area (Å²) >= 11 is 1.27. The number of nitrogens with two attached hydrogens (primary N) is 1. The maximum Gasteiger partial charge on any atom is 0.239 e. The Morgan fingerprint density at radius 2 is 2.40 bits per heavy atom. The van der Waals surface area contributed by atoms with E-state index in [1.165, 1.54) is 11.8 Å². The van der Waals surface area contributed by atoms with Crippen molar-refractivity contribution >= 4 is 22.8 Å². The smallest absolute Gasteiger partial charge is 0.239 e. The van der Waals surface area contributed by atoms with Crippen molar-refractivity contribution in [1.29, 1.82) is 5.41 Å². The van der Waals surface area contributed by atoms with Crippen LogP contribution >= 0.6 is 11.8 Å². The van der Waals surface area contributed by atoms with Crippen LogP contribution in [0.15, 0.2) is 0 Å². The largest absolute Gasteiger partial charge is 0.322 e. The molecule has 0 heterocycles. The van der Waals surface area contributed by atoms with Crippen LogP contribution in [0.2, 0.25) is 0 Å². The number of amidine groups is 1. The lowest BCUT2D eigenvalue weighted by atomic mass is 10.6. The average Bonchev–Trinajstić information content (AvgIpc) is 1.88. The molecule has 0 atom stereocenters. The molecule has 58 valence electrons. The van der Waals surface area contributed by atoms with E-state index in [2.05, 4.69) is 5.32 Å². The molecule has 0 saturated heterocycles. The first-order valence-electron chi connectivity index (χ1n) is 2.92. The molecule has 0 aromatic carbocycles. The fourth-order valence-electron chi connectivity index (χ4n) is 0.358. The van der Waals surface area contributed by atoms with Gasteiger partial charge in [0.1, 0.15) is 0 Å². The third kappa shape index (κ3) is 4.34. The molecule has 0 bridgehead atoms. The maximum atomic E-state index is 10.5. The normalized spacial score (nSPS) is 9.00. The Kier molecular flexibility index (Phi) is 4.96. The van der Waals surface area contributed by atoms with Gasteiger partial charge in [0, 0.05) is 0 Å². The molecule has 4 nitrogen and oxygen atoms in total. The van der Waals surface area contributed by atoms with E-state index < -0.39 is 0 Å². The van der Waals surface area contributed by atoms with Crippen molar-refractivity contribution in [2.45, 2.75) is 6.92 Å². The van der Waals surface area contributed by atoms with Crippen molar-refractivity contribution in [3.63, 3.8) is 0 Å². The van der Waals surface area contributed by atoms with Crippen LogP contribution in [0.3, 0.4) is 0 Å². The fourth-order valence-corrected chi connectivity index (χ4v) is 0.833. The highest BCUT2D eigenvalue weighted by molar-refractivity contribution is 8.13. The van der Waals surface area contributed by atoms with Crippen LogP contribution in [0.4, 0.5) is 0 Å². The Labute approximate surface area is 64.1 Å². The van der Waals surface area contributed by atoms with Gasteiger partial charge < -0.3 is 11.1 Å². The predicted molar refractivity (Wildman–Crippen MR) is 43.1 cm³/mol. The summed E-state index contributed by atoms with van der Waals surface area (Å²) in [5.74, 6) is 0.467. The van der Waals surface area contributed by atoms with Crippen molar-refractivity contribution in [3.05, 3.63) is 0 Å². The highest BCUT2D eigenvalue weighted by atomic mass is 32.2. The molecule has 1 amide bonds. The van der Waals surface area contributed by atoms with E-state index in [0.29, 0.717) is 0 Å². The molecular formula is C5H11N3OS. The van der Waals surface area contributed by atoms with Gasteiger partial charge in [0.15, 0.2) is 5.17 Å². The van der Waals surface area contributed by atoms with E-state index in [1.807, 2.05) is 6.92 Å². The number of hydrogen-bond acceptors (Lipinski definition) is 4. The highest BCUT2D eigenvalue weighted by Crippen LogP contribution is 1.96. The second-order valence-electron chi connectivity index (χ2n) is 1.51. The van der Waals surface area contributed by atoms with Crippen LogP contribution in [-0.4, -0.2) is 23.4 Å². The third-order valence-corrected chi connectivity index (χ3v) is 1.41. The molecule has 5 heteroatoms. The minimum absolute atomic E-state index is 0.0628. The molecule has 0 unspecified atom stereocenters. The zero-order valence-electron chi connectivity index (χ0n) is 5.81. The van der Waals surface area contributed by atoms with Crippen LogP contribution < -0.4 is 11.1 Å². The quantitative estimate of drug-likeness (QED) is 0.386. The first-order valence-corrected chi connectivity index (χ1v) is 3.90. The maximum absolute atomic E-state index is 10.5. The summed E-state index contributed by atoms with van der Waals surface area (Å²) in [6, 6.07) is 0. The average molecular weight is 161 g/mol. The van der Waals surface area contributed by atoms with E-state index in [4.69, 9.17) is 11.1 Å². The Morgan fingerprint density at radius 3 is 2.80 bits per heavy atom. The van der Waals surface area contributed by atoms with E-state index in [-0.39, 0.29) is 17.6 Å². The van der Waals surface area contributed by atoms with Crippen LogP contribution in [-0.2, 0) is 4.79 Å². The summed E-state index contributed by atoms with van der Waals surface area (Å²) in [5.41, 5.74) is 5.00. The SMILES string of the molecule is CCSC(=N)NC(=O)CN. The lowest BCUT2D eigenvalue weighted by molar-refractivity contribution is -0.118. The summed E-state index contributed by atoms with van der Waals surface area (Å²) in [4.78, 5) is 10.5. The molecule has 0 aliphatic carbocycles. The number of carbonyl (C=O) groups excluding carboxylic acids is 1. The van der Waals surface area contributed by atoms with E-state index >= 15 is 0 Å². The molecule has 4 N–H and O–H groups in total. The van der Waals surface area contributed by atoms with Gasteiger partial charge in [-0.05, 0) is 5.75 Å². The topological polar surface area (TPSA) is 79.0 Å². The molecule has 0 radical (unpaired) electrons. The predicted octanol–water partition coefficient (Wildman–Crippen LogP) is -0.251. The number of nitrogens with one attached hydrogen (secondary N) is 2. The van der Waals surface area contributed by atoms with Gasteiger partial charge >= 0.3 is 0 Å². The molecule has 0 spiro atoms. The minimum Gasteiger partial charge on any atom is -0.322 e. The van der Waals surface area contributed by atoms with Gasteiger partial charge in [0.25, 0.3) is 0 Å². The van der Waals surface area contributed by atoms with Crippen molar-refractivity contribution < 1.29 is 4.79 Å². The minimum atomic E-state index is -0.314. The number of thioether (sulfide) groups is 1. The summed E-state index contributed by atoms with van der Waals surface area (Å²) in [5, 5.41) is 9.58. The standard InChI is InChI=1S/C5H11N3OS/c1-2-10-5(7)8-4(9)3-6/h2-3,6H2,1H3,(H2,7,8,9). The summed E-state index contributed by atoms with van der Waals surface area (Å²) in [6.07, 6.45) is 0. The Balaban J connectivity index is 3.47. The van der Waals surface area contributed by atoms with Crippen LogP contribution in [0.25, 0.3) is 0 Å². The second-order valence-corrected chi connectivity index (χ2v) is 2.79. The number of rotatable bonds is 2. The Morgan fingerprint density at radius 1 is 1.80 bits per heavy atom. The fraction of sp³-hybridized carbons (Fsp3) is 0.600. The van der Waals surface area contributed by atoms with Gasteiger partial charge in [-0.2, -0.15) is 0 Å².